The maximum Gasteiger partial charge on any atom is 0.194 e. The molecule has 1 aromatic rings. The zero-order chi connectivity index (χ0) is 10.8. The van der Waals surface area contributed by atoms with E-state index in [0.717, 1.165) is 26.2 Å². The predicted octanol–water partition coefficient (Wildman–Crippen LogP) is 0.186. The van der Waals surface area contributed by atoms with E-state index in [9.17, 15) is 0 Å². The summed E-state index contributed by atoms with van der Waals surface area (Å²) in [5, 5.41) is 6.71. The summed E-state index contributed by atoms with van der Waals surface area (Å²) in [6.45, 7) is 4.26. The first-order valence-electron chi connectivity index (χ1n) is 5.15. The van der Waals surface area contributed by atoms with Crippen molar-refractivity contribution >= 4 is 12.2 Å². The zero-order valence-electron chi connectivity index (χ0n) is 9.18. The van der Waals surface area contributed by atoms with Crippen molar-refractivity contribution in [2.75, 3.05) is 33.7 Å². The molecule has 0 bridgehead atoms. The Bertz CT molecular complexity index is 371. The summed E-state index contributed by atoms with van der Waals surface area (Å²) < 4.78 is 2.70. The third-order valence-electron chi connectivity index (χ3n) is 3.01. The summed E-state index contributed by atoms with van der Waals surface area (Å²) in [5.41, 5.74) is 0. The molecule has 84 valence electrons. The highest BCUT2D eigenvalue weighted by atomic mass is 32.1. The van der Waals surface area contributed by atoms with Crippen LogP contribution in [0.2, 0.25) is 0 Å². The second-order valence-electron chi connectivity index (χ2n) is 4.21. The molecular formula is C9H17N5S. The zero-order valence-corrected chi connectivity index (χ0v) is 10.00. The first-order chi connectivity index (χ1) is 7.16. The van der Waals surface area contributed by atoms with Crippen molar-refractivity contribution in [3.63, 3.8) is 0 Å². The lowest BCUT2D eigenvalue weighted by Crippen LogP contribution is -2.51. The van der Waals surface area contributed by atoms with E-state index >= 15 is 0 Å². The number of nitrogens with zero attached hydrogens (tertiary/aromatic N) is 4. The summed E-state index contributed by atoms with van der Waals surface area (Å²) in [6, 6.07) is 0.521. The van der Waals surface area contributed by atoms with E-state index in [1.54, 1.807) is 6.33 Å². The molecule has 0 aliphatic carbocycles. The van der Waals surface area contributed by atoms with E-state index in [0.29, 0.717) is 10.8 Å². The Morgan fingerprint density at radius 3 is 3.00 bits per heavy atom. The van der Waals surface area contributed by atoms with E-state index in [4.69, 9.17) is 12.2 Å². The van der Waals surface area contributed by atoms with Crippen LogP contribution in [0.4, 0.5) is 0 Å². The summed E-state index contributed by atoms with van der Waals surface area (Å²) in [4.78, 5) is 4.74. The Hall–Kier alpha value is -0.720. The monoisotopic (exact) mass is 227 g/mol. The van der Waals surface area contributed by atoms with Crippen LogP contribution in [0.1, 0.15) is 0 Å². The molecule has 1 fully saturated rings. The number of hydrogen-bond donors (Lipinski definition) is 1. The fraction of sp³-hybridized carbons (Fsp3) is 0.778. The minimum absolute atomic E-state index is 0.521. The average Bonchev–Trinajstić information content (AvgIpc) is 2.58. The molecule has 1 aromatic heterocycles. The average molecular weight is 227 g/mol. The maximum atomic E-state index is 5.13. The lowest BCUT2D eigenvalue weighted by atomic mass is 10.2. The van der Waals surface area contributed by atoms with Gasteiger partial charge in [0.2, 0.25) is 0 Å². The molecule has 5 nitrogen and oxygen atoms in total. The van der Waals surface area contributed by atoms with Gasteiger partial charge in [-0.1, -0.05) is 0 Å². The van der Waals surface area contributed by atoms with Crippen molar-refractivity contribution in [1.82, 2.24) is 24.6 Å². The summed E-state index contributed by atoms with van der Waals surface area (Å²) >= 11 is 5.13. The van der Waals surface area contributed by atoms with Gasteiger partial charge in [-0.3, -0.25) is 10.00 Å². The standard InChI is InChI=1S/C9H17N5S/c1-12-3-4-13(2)8(5-12)6-14-7-10-11-9(14)15/h7-8H,3-6H2,1-2H3,(H,11,15). The molecule has 1 aliphatic heterocycles. The fourth-order valence-corrected chi connectivity index (χ4v) is 2.10. The van der Waals surface area contributed by atoms with Gasteiger partial charge in [-0.05, 0) is 26.3 Å². The molecule has 0 aromatic carbocycles. The Balaban J connectivity index is 2.04. The van der Waals surface area contributed by atoms with Gasteiger partial charge in [-0.25, -0.2) is 0 Å². The van der Waals surface area contributed by atoms with Crippen molar-refractivity contribution in [3.8, 4) is 0 Å². The minimum atomic E-state index is 0.521. The second-order valence-corrected chi connectivity index (χ2v) is 4.60. The van der Waals surface area contributed by atoms with Gasteiger partial charge in [0, 0.05) is 32.2 Å². The molecule has 0 amide bonds. The third-order valence-corrected chi connectivity index (χ3v) is 3.33. The molecular weight excluding hydrogens is 210 g/mol. The van der Waals surface area contributed by atoms with Crippen LogP contribution in [-0.2, 0) is 6.54 Å². The van der Waals surface area contributed by atoms with Crippen LogP contribution in [-0.4, -0.2) is 64.3 Å². The molecule has 6 heteroatoms. The minimum Gasteiger partial charge on any atom is -0.305 e. The topological polar surface area (TPSA) is 40.1 Å². The highest BCUT2D eigenvalue weighted by molar-refractivity contribution is 7.71. The van der Waals surface area contributed by atoms with Crippen LogP contribution in [0.5, 0.6) is 0 Å². The highest BCUT2D eigenvalue weighted by Crippen LogP contribution is 2.08. The molecule has 1 unspecified atom stereocenters. The van der Waals surface area contributed by atoms with E-state index in [1.807, 2.05) is 4.57 Å². The van der Waals surface area contributed by atoms with Crippen LogP contribution >= 0.6 is 12.2 Å². The highest BCUT2D eigenvalue weighted by Gasteiger charge is 2.22. The Kier molecular flexibility index (Phi) is 3.18. The van der Waals surface area contributed by atoms with Gasteiger partial charge >= 0.3 is 0 Å². The molecule has 2 rings (SSSR count). The van der Waals surface area contributed by atoms with Gasteiger partial charge in [0.15, 0.2) is 4.77 Å². The molecule has 0 radical (unpaired) electrons. The van der Waals surface area contributed by atoms with Gasteiger partial charge in [-0.15, -0.1) is 0 Å². The Morgan fingerprint density at radius 1 is 1.53 bits per heavy atom. The summed E-state index contributed by atoms with van der Waals surface area (Å²) in [7, 11) is 4.33. The quantitative estimate of drug-likeness (QED) is 0.732. The Labute approximate surface area is 94.7 Å². The summed E-state index contributed by atoms with van der Waals surface area (Å²) in [6.07, 6.45) is 1.77. The number of likely N-dealkylation sites (N-methyl/N-ethyl adjacent to an activating group) is 2. The number of H-pyrrole nitrogens is 1. The van der Waals surface area contributed by atoms with Crippen molar-refractivity contribution < 1.29 is 0 Å². The molecule has 1 aliphatic rings. The molecule has 2 heterocycles. The van der Waals surface area contributed by atoms with E-state index in [1.165, 1.54) is 0 Å². The summed E-state index contributed by atoms with van der Waals surface area (Å²) in [5.74, 6) is 0. The van der Waals surface area contributed by atoms with E-state index in [-0.39, 0.29) is 0 Å². The van der Waals surface area contributed by atoms with Crippen molar-refractivity contribution in [3.05, 3.63) is 11.1 Å². The lowest BCUT2D eigenvalue weighted by molar-refractivity contribution is 0.103. The van der Waals surface area contributed by atoms with Crippen LogP contribution in [0.3, 0.4) is 0 Å². The first-order valence-corrected chi connectivity index (χ1v) is 5.56. The lowest BCUT2D eigenvalue weighted by Gasteiger charge is -2.37. The van der Waals surface area contributed by atoms with E-state index in [2.05, 4.69) is 34.1 Å². The van der Waals surface area contributed by atoms with Crippen molar-refractivity contribution in [1.29, 1.82) is 0 Å². The molecule has 1 saturated heterocycles. The SMILES string of the molecule is CN1CCN(C)C(Cn2cn[nH]c2=S)C1. The molecule has 0 spiro atoms. The van der Waals surface area contributed by atoms with Gasteiger partial charge in [0.25, 0.3) is 0 Å². The first kappa shape index (κ1) is 10.8. The number of nitrogens with one attached hydrogen (secondary N) is 1. The number of piperazine rings is 1. The fourth-order valence-electron chi connectivity index (χ4n) is 1.93. The van der Waals surface area contributed by atoms with Crippen molar-refractivity contribution in [2.24, 2.45) is 0 Å². The number of rotatable bonds is 2. The number of aromatic nitrogens is 3. The molecule has 0 saturated carbocycles. The molecule has 1 atom stereocenters. The number of aromatic amines is 1. The van der Waals surface area contributed by atoms with Crippen LogP contribution in [0, 0.1) is 4.77 Å². The van der Waals surface area contributed by atoms with Gasteiger partial charge < -0.3 is 9.47 Å². The number of hydrogen-bond acceptors (Lipinski definition) is 4. The maximum absolute atomic E-state index is 5.13. The third kappa shape index (κ3) is 2.45. The Morgan fingerprint density at radius 2 is 2.33 bits per heavy atom. The molecule has 1 N–H and O–H groups in total. The normalized spacial score (nSPS) is 24.5. The van der Waals surface area contributed by atoms with Crippen LogP contribution in [0.25, 0.3) is 0 Å². The van der Waals surface area contributed by atoms with Crippen LogP contribution < -0.4 is 0 Å². The van der Waals surface area contributed by atoms with Crippen molar-refractivity contribution in [2.45, 2.75) is 12.6 Å². The predicted molar refractivity (Wildman–Crippen MR) is 61.3 cm³/mol. The molecule has 15 heavy (non-hydrogen) atoms. The van der Waals surface area contributed by atoms with Gasteiger partial charge in [-0.2, -0.15) is 5.10 Å². The van der Waals surface area contributed by atoms with Gasteiger partial charge in [0.05, 0.1) is 0 Å². The van der Waals surface area contributed by atoms with Crippen LogP contribution in [0.15, 0.2) is 6.33 Å². The smallest absolute Gasteiger partial charge is 0.194 e. The largest absolute Gasteiger partial charge is 0.305 e. The van der Waals surface area contributed by atoms with Gasteiger partial charge in [0.1, 0.15) is 6.33 Å². The van der Waals surface area contributed by atoms with E-state index < -0.39 is 0 Å². The second kappa shape index (κ2) is 4.42.